The minimum atomic E-state index is -0.798. The van der Waals surface area contributed by atoms with Gasteiger partial charge in [0.05, 0.1) is 12.2 Å². The molecule has 0 aliphatic heterocycles. The highest BCUT2D eigenvalue weighted by atomic mass is 32.1. The van der Waals surface area contributed by atoms with Crippen molar-refractivity contribution in [1.82, 2.24) is 9.47 Å². The zero-order chi connectivity index (χ0) is 23.4. The number of ether oxygens (including phenoxy) is 2. The predicted octanol–water partition coefficient (Wildman–Crippen LogP) is 4.81. The molecule has 168 valence electrons. The number of benzene rings is 1. The number of carbonyl (C=O) groups is 2. The minimum absolute atomic E-state index is 0.0792. The zero-order valence-corrected chi connectivity index (χ0v) is 19.6. The third-order valence-electron chi connectivity index (χ3n) is 3.79. The van der Waals surface area contributed by atoms with Gasteiger partial charge in [-0.3, -0.25) is 0 Å². The van der Waals surface area contributed by atoms with E-state index in [4.69, 9.17) is 27.4 Å². The molecule has 1 aromatic carbocycles. The SMILES string of the molecule is CC(C)(C)OC(=O)N(Cc1cc(NC(N)=S)ccc1-n1cccc1)C(=O)OC(C)(C)C. The molecule has 0 bridgehead atoms. The van der Waals surface area contributed by atoms with Gasteiger partial charge in [0.15, 0.2) is 5.11 Å². The monoisotopic (exact) mass is 446 g/mol. The number of anilines is 1. The van der Waals surface area contributed by atoms with Crippen LogP contribution in [-0.2, 0) is 16.0 Å². The van der Waals surface area contributed by atoms with Gasteiger partial charge in [0, 0.05) is 18.1 Å². The van der Waals surface area contributed by atoms with Crippen LogP contribution < -0.4 is 11.1 Å². The Morgan fingerprint density at radius 1 is 1.03 bits per heavy atom. The first-order valence-electron chi connectivity index (χ1n) is 9.81. The first kappa shape index (κ1) is 24.2. The van der Waals surface area contributed by atoms with Crippen molar-refractivity contribution in [2.75, 3.05) is 5.32 Å². The van der Waals surface area contributed by atoms with Crippen molar-refractivity contribution in [3.8, 4) is 5.69 Å². The number of aromatic nitrogens is 1. The molecule has 0 spiro atoms. The molecule has 1 aromatic heterocycles. The second-order valence-corrected chi connectivity index (χ2v) is 9.41. The van der Waals surface area contributed by atoms with Crippen molar-refractivity contribution >= 4 is 35.2 Å². The summed E-state index contributed by atoms with van der Waals surface area (Å²) in [5.74, 6) is 0. The molecular formula is C22H30N4O4S. The average Bonchev–Trinajstić information content (AvgIpc) is 3.10. The van der Waals surface area contributed by atoms with Crippen LogP contribution in [0.25, 0.3) is 5.69 Å². The number of rotatable bonds is 4. The molecule has 0 radical (unpaired) electrons. The van der Waals surface area contributed by atoms with E-state index < -0.39 is 23.4 Å². The smallest absolute Gasteiger partial charge is 0.420 e. The molecule has 0 unspecified atom stereocenters. The molecule has 2 amide bonds. The molecule has 0 aliphatic carbocycles. The van der Waals surface area contributed by atoms with Gasteiger partial charge < -0.3 is 25.1 Å². The van der Waals surface area contributed by atoms with Crippen LogP contribution in [0.1, 0.15) is 47.1 Å². The first-order valence-corrected chi connectivity index (χ1v) is 10.2. The van der Waals surface area contributed by atoms with Gasteiger partial charge in [-0.2, -0.15) is 0 Å². The number of hydrogen-bond donors (Lipinski definition) is 2. The van der Waals surface area contributed by atoms with E-state index in [1.807, 2.05) is 41.2 Å². The van der Waals surface area contributed by atoms with Gasteiger partial charge in [0.1, 0.15) is 11.2 Å². The lowest BCUT2D eigenvalue weighted by Crippen LogP contribution is -2.43. The van der Waals surface area contributed by atoms with E-state index in [1.54, 1.807) is 47.6 Å². The number of nitrogens with one attached hydrogen (secondary N) is 1. The van der Waals surface area contributed by atoms with E-state index in [0.29, 0.717) is 11.3 Å². The van der Waals surface area contributed by atoms with Gasteiger partial charge in [0.25, 0.3) is 0 Å². The fourth-order valence-corrected chi connectivity index (χ4v) is 2.81. The van der Waals surface area contributed by atoms with Crippen LogP contribution in [0.5, 0.6) is 0 Å². The summed E-state index contributed by atoms with van der Waals surface area (Å²) >= 11 is 4.93. The Hall–Kier alpha value is -3.07. The van der Waals surface area contributed by atoms with E-state index in [9.17, 15) is 9.59 Å². The Bertz CT molecular complexity index is 915. The molecule has 2 aromatic rings. The van der Waals surface area contributed by atoms with Crippen LogP contribution in [0.4, 0.5) is 15.3 Å². The van der Waals surface area contributed by atoms with E-state index in [1.165, 1.54) is 0 Å². The van der Waals surface area contributed by atoms with Crippen LogP contribution in [-0.4, -0.2) is 38.0 Å². The van der Waals surface area contributed by atoms with E-state index in [-0.39, 0.29) is 11.7 Å². The molecule has 3 N–H and O–H groups in total. The molecule has 8 nitrogen and oxygen atoms in total. The van der Waals surface area contributed by atoms with E-state index in [0.717, 1.165) is 10.6 Å². The van der Waals surface area contributed by atoms with Crippen molar-refractivity contribution in [3.63, 3.8) is 0 Å². The number of thiocarbonyl (C=S) groups is 1. The maximum absolute atomic E-state index is 12.9. The maximum Gasteiger partial charge on any atom is 0.420 e. The number of carbonyl (C=O) groups excluding carboxylic acids is 2. The van der Waals surface area contributed by atoms with Gasteiger partial charge in [-0.1, -0.05) is 0 Å². The minimum Gasteiger partial charge on any atom is -0.443 e. The molecule has 0 aliphatic rings. The van der Waals surface area contributed by atoms with Crippen molar-refractivity contribution in [1.29, 1.82) is 0 Å². The fraction of sp³-hybridized carbons (Fsp3) is 0.409. The van der Waals surface area contributed by atoms with Crippen molar-refractivity contribution in [2.45, 2.75) is 59.3 Å². The van der Waals surface area contributed by atoms with Crippen LogP contribution in [0.15, 0.2) is 42.7 Å². The lowest BCUT2D eigenvalue weighted by atomic mass is 10.1. The second-order valence-electron chi connectivity index (χ2n) is 8.97. The molecule has 1 heterocycles. The second kappa shape index (κ2) is 9.38. The van der Waals surface area contributed by atoms with Gasteiger partial charge >= 0.3 is 12.2 Å². The van der Waals surface area contributed by atoms with Crippen LogP contribution in [0.3, 0.4) is 0 Å². The molecule has 31 heavy (non-hydrogen) atoms. The van der Waals surface area contributed by atoms with E-state index in [2.05, 4.69) is 5.32 Å². The third-order valence-corrected chi connectivity index (χ3v) is 3.89. The largest absolute Gasteiger partial charge is 0.443 e. The van der Waals surface area contributed by atoms with Gasteiger partial charge in [-0.15, -0.1) is 0 Å². The Morgan fingerprint density at radius 2 is 1.55 bits per heavy atom. The molecule has 2 rings (SSSR count). The van der Waals surface area contributed by atoms with Gasteiger partial charge in [-0.05, 0) is 89.7 Å². The molecule has 0 atom stereocenters. The third kappa shape index (κ3) is 7.60. The summed E-state index contributed by atoms with van der Waals surface area (Å²) in [6, 6.07) is 9.19. The summed E-state index contributed by atoms with van der Waals surface area (Å²) in [4.78, 5) is 26.7. The predicted molar refractivity (Wildman–Crippen MR) is 124 cm³/mol. The molecule has 0 saturated heterocycles. The summed E-state index contributed by atoms with van der Waals surface area (Å²) in [6.45, 7) is 10.3. The first-order chi connectivity index (χ1) is 14.2. The number of nitrogens with zero attached hydrogens (tertiary/aromatic N) is 2. The summed E-state index contributed by atoms with van der Waals surface area (Å²) in [5, 5.41) is 2.98. The molecule has 0 fully saturated rings. The van der Waals surface area contributed by atoms with E-state index >= 15 is 0 Å². The highest BCUT2D eigenvalue weighted by Crippen LogP contribution is 2.24. The Morgan fingerprint density at radius 3 is 2.00 bits per heavy atom. The molecular weight excluding hydrogens is 416 g/mol. The Balaban J connectivity index is 2.48. The van der Waals surface area contributed by atoms with Crippen LogP contribution >= 0.6 is 12.2 Å². The van der Waals surface area contributed by atoms with Crippen molar-refractivity contribution in [3.05, 3.63) is 48.3 Å². The highest BCUT2D eigenvalue weighted by Gasteiger charge is 2.32. The highest BCUT2D eigenvalue weighted by molar-refractivity contribution is 7.80. The normalized spacial score (nSPS) is 11.5. The van der Waals surface area contributed by atoms with Crippen molar-refractivity contribution < 1.29 is 19.1 Å². The van der Waals surface area contributed by atoms with Crippen LogP contribution in [0, 0.1) is 0 Å². The Labute approximate surface area is 188 Å². The van der Waals surface area contributed by atoms with Crippen LogP contribution in [0.2, 0.25) is 0 Å². The summed E-state index contributed by atoms with van der Waals surface area (Å²) in [6.07, 6.45) is 2.14. The lowest BCUT2D eigenvalue weighted by molar-refractivity contribution is -0.000237. The summed E-state index contributed by atoms with van der Waals surface area (Å²) < 4.78 is 12.8. The maximum atomic E-state index is 12.9. The zero-order valence-electron chi connectivity index (χ0n) is 18.8. The topological polar surface area (TPSA) is 98.8 Å². The number of imide groups is 1. The van der Waals surface area contributed by atoms with Crippen molar-refractivity contribution in [2.24, 2.45) is 5.73 Å². The van der Waals surface area contributed by atoms with Gasteiger partial charge in [0.2, 0.25) is 0 Å². The number of amides is 2. The fourth-order valence-electron chi connectivity index (χ4n) is 2.69. The molecule has 0 saturated carbocycles. The summed E-state index contributed by atoms with van der Waals surface area (Å²) in [5.41, 5.74) is 6.10. The lowest BCUT2D eigenvalue weighted by Gasteiger charge is -2.29. The standard InChI is InChI=1S/C22H30N4O4S/c1-21(2,3)29-19(27)26(20(28)30-22(4,5)6)14-15-13-16(24-18(23)31)9-10-17(15)25-11-7-8-12-25/h7-13H,14H2,1-6H3,(H3,23,24,31). The number of nitrogens with two attached hydrogens (primary N) is 1. The Kier molecular flexibility index (Phi) is 7.32. The molecule has 9 heteroatoms. The quantitative estimate of drug-likeness (QED) is 0.651. The average molecular weight is 447 g/mol. The number of hydrogen-bond acceptors (Lipinski definition) is 5. The summed E-state index contributed by atoms with van der Waals surface area (Å²) in [7, 11) is 0. The van der Waals surface area contributed by atoms with Gasteiger partial charge in [-0.25, -0.2) is 14.5 Å².